The summed E-state index contributed by atoms with van der Waals surface area (Å²) in [6.07, 6.45) is -0.0614. The molecule has 0 amide bonds. The molecule has 0 aliphatic heterocycles. The molecule has 0 saturated carbocycles. The van der Waals surface area contributed by atoms with Gasteiger partial charge in [-0.2, -0.15) is 0 Å². The summed E-state index contributed by atoms with van der Waals surface area (Å²) in [5.74, 6) is 0. The van der Waals surface area contributed by atoms with Crippen molar-refractivity contribution >= 4 is 0 Å². The molecular weight excluding hydrogens is 121 g/mol. The van der Waals surface area contributed by atoms with Crippen molar-refractivity contribution in [3.63, 3.8) is 0 Å². The maximum atomic E-state index is 12.2. The molecule has 2 nitrogen and oxygen atoms in total. The number of rotatable bonds is 5. The highest BCUT2D eigenvalue weighted by Gasteiger charge is 2.00. The summed E-state index contributed by atoms with van der Waals surface area (Å²) in [7, 11) is 0. The van der Waals surface area contributed by atoms with Crippen molar-refractivity contribution in [1.29, 1.82) is 0 Å². The third-order valence-electron chi connectivity index (χ3n) is 0.903. The van der Waals surface area contributed by atoms with Crippen molar-refractivity contribution in [3.8, 4) is 0 Å². The van der Waals surface area contributed by atoms with Gasteiger partial charge in [0.1, 0.15) is 6.17 Å². The van der Waals surface area contributed by atoms with Crippen molar-refractivity contribution in [2.75, 3.05) is 19.8 Å². The lowest BCUT2D eigenvalue weighted by Gasteiger charge is -2.04. The molecule has 56 valence electrons. The molecule has 9 heavy (non-hydrogen) atoms. The van der Waals surface area contributed by atoms with E-state index < -0.39 is 6.17 Å². The van der Waals surface area contributed by atoms with Gasteiger partial charge in [-0.15, -0.1) is 0 Å². The smallest absolute Gasteiger partial charge is 0.135 e. The van der Waals surface area contributed by atoms with Crippen LogP contribution in [-0.2, 0) is 4.74 Å². The second-order valence-corrected chi connectivity index (χ2v) is 1.91. The highest BCUT2D eigenvalue weighted by Crippen LogP contribution is 1.89. The molecule has 0 fully saturated rings. The van der Waals surface area contributed by atoms with Gasteiger partial charge in [0.25, 0.3) is 0 Å². The second kappa shape index (κ2) is 5.98. The Bertz CT molecular complexity index is 61.0. The van der Waals surface area contributed by atoms with Crippen LogP contribution in [0, 0.1) is 0 Å². The lowest BCUT2D eigenvalue weighted by molar-refractivity contribution is 0.0842. The third kappa shape index (κ3) is 5.73. The van der Waals surface area contributed by atoms with Crippen LogP contribution < -0.4 is 5.73 Å². The van der Waals surface area contributed by atoms with Crippen LogP contribution in [0.15, 0.2) is 0 Å². The molecule has 0 heterocycles. The van der Waals surface area contributed by atoms with E-state index in [1.165, 1.54) is 0 Å². The van der Waals surface area contributed by atoms with Crippen molar-refractivity contribution in [2.45, 2.75) is 19.5 Å². The number of hydrogen-bond acceptors (Lipinski definition) is 2. The first-order chi connectivity index (χ1) is 4.31. The van der Waals surface area contributed by atoms with Crippen LogP contribution in [0.1, 0.15) is 13.3 Å². The Morgan fingerprint density at radius 2 is 2.33 bits per heavy atom. The molecule has 0 rings (SSSR count). The van der Waals surface area contributed by atoms with E-state index in [9.17, 15) is 4.39 Å². The Kier molecular flexibility index (Phi) is 5.88. The molecular formula is C6H14FNO. The first-order valence-electron chi connectivity index (χ1n) is 3.23. The highest BCUT2D eigenvalue weighted by molar-refractivity contribution is 4.52. The van der Waals surface area contributed by atoms with E-state index in [1.807, 2.05) is 6.92 Å². The zero-order chi connectivity index (χ0) is 7.11. The molecule has 0 aromatic rings. The average Bonchev–Trinajstić information content (AvgIpc) is 1.89. The summed E-state index contributed by atoms with van der Waals surface area (Å²) in [6, 6.07) is 0. The van der Waals surface area contributed by atoms with Crippen LogP contribution in [0.2, 0.25) is 0 Å². The van der Waals surface area contributed by atoms with Crippen molar-refractivity contribution < 1.29 is 9.13 Å². The predicted octanol–water partition coefficient (Wildman–Crippen LogP) is 0.710. The van der Waals surface area contributed by atoms with Crippen LogP contribution in [-0.4, -0.2) is 25.9 Å². The van der Waals surface area contributed by atoms with E-state index >= 15 is 0 Å². The molecule has 0 spiro atoms. The summed E-state index contributed by atoms with van der Waals surface area (Å²) >= 11 is 0. The zero-order valence-corrected chi connectivity index (χ0v) is 5.77. The quantitative estimate of drug-likeness (QED) is 0.563. The van der Waals surface area contributed by atoms with Crippen molar-refractivity contribution in [3.05, 3.63) is 0 Å². The van der Waals surface area contributed by atoms with Gasteiger partial charge in [0.15, 0.2) is 0 Å². The van der Waals surface area contributed by atoms with E-state index in [0.717, 1.165) is 6.42 Å². The van der Waals surface area contributed by atoms with E-state index in [1.54, 1.807) is 0 Å². The van der Waals surface area contributed by atoms with Crippen molar-refractivity contribution in [1.82, 2.24) is 0 Å². The number of nitrogens with two attached hydrogens (primary N) is 1. The van der Waals surface area contributed by atoms with Gasteiger partial charge >= 0.3 is 0 Å². The maximum Gasteiger partial charge on any atom is 0.135 e. The minimum absolute atomic E-state index is 0.0592. The molecule has 0 radical (unpaired) electrons. The SMILES string of the molecule is CCCOC[C@@H](F)CN. The summed E-state index contributed by atoms with van der Waals surface area (Å²) in [5, 5.41) is 0. The van der Waals surface area contributed by atoms with Gasteiger partial charge in [-0.3, -0.25) is 0 Å². The van der Waals surface area contributed by atoms with Crippen LogP contribution in [0.25, 0.3) is 0 Å². The van der Waals surface area contributed by atoms with Gasteiger partial charge in [-0.05, 0) is 6.42 Å². The Morgan fingerprint density at radius 1 is 1.67 bits per heavy atom. The van der Waals surface area contributed by atoms with Crippen LogP contribution in [0.4, 0.5) is 4.39 Å². The van der Waals surface area contributed by atoms with E-state index in [2.05, 4.69) is 0 Å². The molecule has 0 aromatic heterocycles. The summed E-state index contributed by atoms with van der Waals surface area (Å²) in [5.41, 5.74) is 5.00. The molecule has 0 aromatic carbocycles. The predicted molar refractivity (Wildman–Crippen MR) is 35.1 cm³/mol. The highest BCUT2D eigenvalue weighted by atomic mass is 19.1. The van der Waals surface area contributed by atoms with Crippen LogP contribution in [0.3, 0.4) is 0 Å². The molecule has 2 N–H and O–H groups in total. The minimum Gasteiger partial charge on any atom is -0.378 e. The fourth-order valence-electron chi connectivity index (χ4n) is 0.424. The van der Waals surface area contributed by atoms with Gasteiger partial charge in [0.05, 0.1) is 6.61 Å². The monoisotopic (exact) mass is 135 g/mol. The summed E-state index contributed by atoms with van der Waals surface area (Å²) in [6.45, 7) is 2.81. The van der Waals surface area contributed by atoms with E-state index in [0.29, 0.717) is 6.61 Å². The van der Waals surface area contributed by atoms with Crippen LogP contribution in [0.5, 0.6) is 0 Å². The van der Waals surface area contributed by atoms with Gasteiger partial charge in [-0.25, -0.2) is 4.39 Å². The maximum absolute atomic E-state index is 12.2. The Labute approximate surface area is 55.2 Å². The molecule has 0 saturated heterocycles. The van der Waals surface area contributed by atoms with E-state index in [-0.39, 0.29) is 13.2 Å². The number of halogens is 1. The molecule has 3 heteroatoms. The lowest BCUT2D eigenvalue weighted by atomic mass is 10.4. The number of hydrogen-bond donors (Lipinski definition) is 1. The molecule has 0 unspecified atom stereocenters. The number of ether oxygens (including phenoxy) is 1. The molecule has 0 bridgehead atoms. The largest absolute Gasteiger partial charge is 0.378 e. The lowest BCUT2D eigenvalue weighted by Crippen LogP contribution is -2.21. The Hall–Kier alpha value is -0.150. The molecule has 0 aliphatic carbocycles. The topological polar surface area (TPSA) is 35.2 Å². The standard InChI is InChI=1S/C6H14FNO/c1-2-3-9-5-6(7)4-8/h6H,2-5,8H2,1H3/t6-/m0/s1. The van der Waals surface area contributed by atoms with Gasteiger partial charge in [0.2, 0.25) is 0 Å². The van der Waals surface area contributed by atoms with Crippen LogP contribution >= 0.6 is 0 Å². The Balaban J connectivity index is 2.88. The third-order valence-corrected chi connectivity index (χ3v) is 0.903. The fourth-order valence-corrected chi connectivity index (χ4v) is 0.424. The number of alkyl halides is 1. The zero-order valence-electron chi connectivity index (χ0n) is 5.77. The van der Waals surface area contributed by atoms with Gasteiger partial charge in [0, 0.05) is 13.2 Å². The summed E-state index contributed by atoms with van der Waals surface area (Å²) in [4.78, 5) is 0. The normalized spacial score (nSPS) is 13.7. The van der Waals surface area contributed by atoms with Crippen molar-refractivity contribution in [2.24, 2.45) is 5.73 Å². The fraction of sp³-hybridized carbons (Fsp3) is 1.00. The van der Waals surface area contributed by atoms with E-state index in [4.69, 9.17) is 10.5 Å². The Morgan fingerprint density at radius 3 is 2.78 bits per heavy atom. The first kappa shape index (κ1) is 8.85. The average molecular weight is 135 g/mol. The van der Waals surface area contributed by atoms with Gasteiger partial charge < -0.3 is 10.5 Å². The molecule has 0 aliphatic rings. The van der Waals surface area contributed by atoms with Gasteiger partial charge in [-0.1, -0.05) is 6.92 Å². The first-order valence-corrected chi connectivity index (χ1v) is 3.23. The molecule has 1 atom stereocenters. The second-order valence-electron chi connectivity index (χ2n) is 1.91. The minimum atomic E-state index is -0.989. The summed E-state index contributed by atoms with van der Waals surface area (Å²) < 4.78 is 17.1.